The van der Waals surface area contributed by atoms with Crippen molar-refractivity contribution in [2.24, 2.45) is 0 Å². The Morgan fingerprint density at radius 1 is 1.21 bits per heavy atom. The van der Waals surface area contributed by atoms with Crippen LogP contribution >= 0.6 is 11.6 Å². The van der Waals surface area contributed by atoms with Crippen LogP contribution < -0.4 is 15.5 Å². The molecular weight excluding hydrogens is 328 g/mol. The van der Waals surface area contributed by atoms with Crippen molar-refractivity contribution in [2.75, 3.05) is 7.11 Å². The Labute approximate surface area is 143 Å². The predicted octanol–water partition coefficient (Wildman–Crippen LogP) is 3.12. The molecule has 0 bridgehead atoms. The van der Waals surface area contributed by atoms with Gasteiger partial charge in [0.2, 0.25) is 5.43 Å². The summed E-state index contributed by atoms with van der Waals surface area (Å²) in [6, 6.07) is 12.3. The molecule has 24 heavy (non-hydrogen) atoms. The Hall–Kier alpha value is -2.79. The number of halogens is 1. The third-order valence-corrected chi connectivity index (χ3v) is 3.96. The second-order valence-corrected chi connectivity index (χ2v) is 5.66. The zero-order valence-corrected chi connectivity index (χ0v) is 13.7. The number of carbonyl (C=O) groups excluding carboxylic acids is 1. The number of carbonyl (C=O) groups is 1. The number of aromatic amines is 1. The molecule has 5 nitrogen and oxygen atoms in total. The smallest absolute Gasteiger partial charge is 0.257 e. The number of hydrogen-bond acceptors (Lipinski definition) is 3. The number of benzene rings is 2. The molecule has 1 aromatic heterocycles. The van der Waals surface area contributed by atoms with Crippen molar-refractivity contribution in [2.45, 2.75) is 6.54 Å². The zero-order valence-electron chi connectivity index (χ0n) is 12.9. The molecule has 1 amide bonds. The maximum Gasteiger partial charge on any atom is 0.257 e. The summed E-state index contributed by atoms with van der Waals surface area (Å²) in [5.41, 5.74) is 1.19. The summed E-state index contributed by atoms with van der Waals surface area (Å²) in [7, 11) is 1.53. The van der Waals surface area contributed by atoms with Crippen molar-refractivity contribution in [1.29, 1.82) is 0 Å². The van der Waals surface area contributed by atoms with Crippen molar-refractivity contribution < 1.29 is 9.53 Å². The van der Waals surface area contributed by atoms with Crippen LogP contribution in [0, 0.1) is 0 Å². The first-order chi connectivity index (χ1) is 11.6. The first-order valence-electron chi connectivity index (χ1n) is 7.31. The lowest BCUT2D eigenvalue weighted by atomic mass is 10.1. The van der Waals surface area contributed by atoms with Gasteiger partial charge in [0.05, 0.1) is 18.0 Å². The molecule has 0 atom stereocenters. The van der Waals surface area contributed by atoms with Crippen molar-refractivity contribution in [1.82, 2.24) is 10.3 Å². The van der Waals surface area contributed by atoms with E-state index in [1.807, 2.05) is 12.1 Å². The highest BCUT2D eigenvalue weighted by atomic mass is 35.5. The second kappa shape index (κ2) is 6.76. The highest BCUT2D eigenvalue weighted by Gasteiger charge is 2.14. The maximum absolute atomic E-state index is 12.5. The fraction of sp³-hybridized carbons (Fsp3) is 0.111. The Bertz CT molecular complexity index is 949. The minimum atomic E-state index is -0.434. The van der Waals surface area contributed by atoms with Gasteiger partial charge < -0.3 is 15.0 Å². The van der Waals surface area contributed by atoms with E-state index in [0.717, 1.165) is 5.56 Å². The number of para-hydroxylation sites is 1. The topological polar surface area (TPSA) is 71.2 Å². The standard InChI is InChI=1S/C18H15ClN2O3/c1-24-15-4-2-3-13-16(15)20-10-14(17(13)22)18(23)21-9-11-5-7-12(19)8-6-11/h2-8,10H,9H2,1H3,(H,20,22)(H,21,23). The number of hydrogen-bond donors (Lipinski definition) is 2. The van der Waals surface area contributed by atoms with Gasteiger partial charge in [0.15, 0.2) is 0 Å². The van der Waals surface area contributed by atoms with Crippen LogP contribution in [0.15, 0.2) is 53.5 Å². The van der Waals surface area contributed by atoms with E-state index < -0.39 is 5.91 Å². The number of aromatic nitrogens is 1. The lowest BCUT2D eigenvalue weighted by Crippen LogP contribution is -2.28. The number of methoxy groups -OCH3 is 1. The minimum absolute atomic E-state index is 0.0599. The molecule has 0 spiro atoms. The van der Waals surface area contributed by atoms with Crippen LogP contribution in [-0.2, 0) is 6.54 Å². The molecule has 0 unspecified atom stereocenters. The molecule has 6 heteroatoms. The van der Waals surface area contributed by atoms with Gasteiger partial charge >= 0.3 is 0 Å². The van der Waals surface area contributed by atoms with Gasteiger partial charge in [-0.1, -0.05) is 29.8 Å². The summed E-state index contributed by atoms with van der Waals surface area (Å²) < 4.78 is 5.22. The van der Waals surface area contributed by atoms with Gasteiger partial charge in [0.1, 0.15) is 11.3 Å². The number of H-pyrrole nitrogens is 1. The number of ether oxygens (including phenoxy) is 1. The molecule has 1 heterocycles. The van der Waals surface area contributed by atoms with Crippen LogP contribution in [0.5, 0.6) is 5.75 Å². The summed E-state index contributed by atoms with van der Waals surface area (Å²) in [4.78, 5) is 27.8. The molecule has 0 saturated carbocycles. The molecule has 2 aromatic carbocycles. The van der Waals surface area contributed by atoms with Crippen LogP contribution in [0.3, 0.4) is 0 Å². The first-order valence-corrected chi connectivity index (χ1v) is 7.69. The number of fused-ring (bicyclic) bond motifs is 1. The third-order valence-electron chi connectivity index (χ3n) is 3.71. The van der Waals surface area contributed by atoms with Crippen LogP contribution in [0.4, 0.5) is 0 Å². The maximum atomic E-state index is 12.5. The molecule has 0 fully saturated rings. The van der Waals surface area contributed by atoms with Crippen molar-refractivity contribution in [3.8, 4) is 5.75 Å². The van der Waals surface area contributed by atoms with E-state index in [0.29, 0.717) is 28.2 Å². The number of amides is 1. The van der Waals surface area contributed by atoms with Gasteiger partial charge in [-0.3, -0.25) is 9.59 Å². The Morgan fingerprint density at radius 2 is 1.96 bits per heavy atom. The van der Waals surface area contributed by atoms with Gasteiger partial charge in [0, 0.05) is 17.8 Å². The molecule has 3 rings (SSSR count). The number of nitrogens with one attached hydrogen (secondary N) is 2. The Morgan fingerprint density at radius 3 is 2.67 bits per heavy atom. The molecule has 0 aliphatic heterocycles. The van der Waals surface area contributed by atoms with Crippen LogP contribution in [-0.4, -0.2) is 18.0 Å². The van der Waals surface area contributed by atoms with Crippen molar-refractivity contribution >= 4 is 28.4 Å². The van der Waals surface area contributed by atoms with E-state index >= 15 is 0 Å². The molecule has 2 N–H and O–H groups in total. The van der Waals surface area contributed by atoms with Crippen LogP contribution in [0.25, 0.3) is 10.9 Å². The SMILES string of the molecule is COc1cccc2c(=O)c(C(=O)NCc3ccc(Cl)cc3)c[nH]c12. The number of rotatable bonds is 4. The number of pyridine rings is 1. The van der Waals surface area contributed by atoms with Crippen molar-refractivity contribution in [3.05, 3.63) is 75.0 Å². The predicted molar refractivity (Wildman–Crippen MR) is 93.7 cm³/mol. The van der Waals surface area contributed by atoms with E-state index in [1.54, 1.807) is 30.3 Å². The summed E-state index contributed by atoms with van der Waals surface area (Å²) in [6.07, 6.45) is 1.41. The molecule has 0 saturated heterocycles. The summed E-state index contributed by atoms with van der Waals surface area (Å²) >= 11 is 5.83. The normalized spacial score (nSPS) is 10.6. The average molecular weight is 343 g/mol. The Balaban J connectivity index is 1.86. The molecule has 3 aromatic rings. The fourth-order valence-electron chi connectivity index (χ4n) is 2.44. The van der Waals surface area contributed by atoms with Gasteiger partial charge in [-0.2, -0.15) is 0 Å². The largest absolute Gasteiger partial charge is 0.495 e. The van der Waals surface area contributed by atoms with E-state index in [-0.39, 0.29) is 11.0 Å². The Kier molecular flexibility index (Phi) is 4.53. The van der Waals surface area contributed by atoms with Gasteiger partial charge in [-0.05, 0) is 29.8 Å². The molecule has 0 aliphatic carbocycles. The average Bonchev–Trinajstić information content (AvgIpc) is 2.61. The molecular formula is C18H15ClN2O3. The van der Waals surface area contributed by atoms with E-state index in [1.165, 1.54) is 13.3 Å². The van der Waals surface area contributed by atoms with E-state index in [4.69, 9.17) is 16.3 Å². The minimum Gasteiger partial charge on any atom is -0.495 e. The van der Waals surface area contributed by atoms with Crippen LogP contribution in [0.2, 0.25) is 5.02 Å². The van der Waals surface area contributed by atoms with E-state index in [9.17, 15) is 9.59 Å². The van der Waals surface area contributed by atoms with Gasteiger partial charge in [0.25, 0.3) is 5.91 Å². The van der Waals surface area contributed by atoms with E-state index in [2.05, 4.69) is 10.3 Å². The molecule has 122 valence electrons. The highest BCUT2D eigenvalue weighted by Crippen LogP contribution is 2.20. The second-order valence-electron chi connectivity index (χ2n) is 5.22. The summed E-state index contributed by atoms with van der Waals surface area (Å²) in [5, 5.41) is 3.78. The molecule has 0 radical (unpaired) electrons. The first kappa shape index (κ1) is 16.1. The van der Waals surface area contributed by atoms with Crippen molar-refractivity contribution in [3.63, 3.8) is 0 Å². The van der Waals surface area contributed by atoms with Crippen LogP contribution in [0.1, 0.15) is 15.9 Å². The summed E-state index contributed by atoms with van der Waals surface area (Å²) in [6.45, 7) is 0.311. The van der Waals surface area contributed by atoms with Gasteiger partial charge in [-0.15, -0.1) is 0 Å². The monoisotopic (exact) mass is 342 g/mol. The highest BCUT2D eigenvalue weighted by molar-refractivity contribution is 6.30. The lowest BCUT2D eigenvalue weighted by Gasteiger charge is -2.08. The summed E-state index contributed by atoms with van der Waals surface area (Å²) in [5.74, 6) is 0.119. The van der Waals surface area contributed by atoms with Gasteiger partial charge in [-0.25, -0.2) is 0 Å². The third kappa shape index (κ3) is 3.12. The quantitative estimate of drug-likeness (QED) is 0.765. The fourth-order valence-corrected chi connectivity index (χ4v) is 2.57. The lowest BCUT2D eigenvalue weighted by molar-refractivity contribution is 0.0949. The molecule has 0 aliphatic rings. The zero-order chi connectivity index (χ0) is 17.1.